The Bertz CT molecular complexity index is 432. The van der Waals surface area contributed by atoms with Crippen LogP contribution in [0.15, 0.2) is 24.3 Å². The first kappa shape index (κ1) is 13.0. The molecule has 1 aliphatic rings. The molecule has 0 aliphatic carbocycles. The molecule has 98 valence electrons. The van der Waals surface area contributed by atoms with E-state index in [2.05, 4.69) is 5.32 Å². The quantitative estimate of drug-likeness (QED) is 0.622. The Labute approximate surface area is 106 Å². The van der Waals surface area contributed by atoms with Gasteiger partial charge in [0.05, 0.1) is 11.0 Å². The number of nitrogens with zero attached hydrogens (tertiary/aromatic N) is 1. The zero-order valence-corrected chi connectivity index (χ0v) is 10.5. The van der Waals surface area contributed by atoms with Crippen molar-refractivity contribution in [3.63, 3.8) is 0 Å². The topological polar surface area (TPSA) is 75.4 Å². The van der Waals surface area contributed by atoms with Gasteiger partial charge in [0.1, 0.15) is 0 Å². The third-order valence-corrected chi connectivity index (χ3v) is 3.65. The summed E-state index contributed by atoms with van der Waals surface area (Å²) in [5.41, 5.74) is 1.08. The van der Waals surface area contributed by atoms with Crippen molar-refractivity contribution >= 4 is 5.69 Å². The van der Waals surface area contributed by atoms with E-state index in [0.29, 0.717) is 0 Å². The number of hydrogen-bond acceptors (Lipinski definition) is 4. The summed E-state index contributed by atoms with van der Waals surface area (Å²) in [6.07, 6.45) is 0.409. The van der Waals surface area contributed by atoms with Crippen LogP contribution in [0, 0.1) is 16.0 Å². The molecule has 2 rings (SSSR count). The van der Waals surface area contributed by atoms with E-state index in [-0.39, 0.29) is 29.8 Å². The highest BCUT2D eigenvalue weighted by Crippen LogP contribution is 2.32. The van der Waals surface area contributed by atoms with E-state index in [1.807, 2.05) is 13.8 Å². The second-order valence-corrected chi connectivity index (χ2v) is 5.06. The molecule has 0 unspecified atom stereocenters. The number of nitro groups is 1. The maximum Gasteiger partial charge on any atom is 0.269 e. The Hall–Kier alpha value is -1.46. The number of piperidine rings is 1. The standard InChI is InChI=1S/C13H18N2O3/c1-8-7-12(16)9(2)13(14-8)10-3-5-11(6-4-10)15(17)18/h3-6,8-9,12-14,16H,7H2,1-2H3/t8-,9-,12+,13-/m0/s1. The summed E-state index contributed by atoms with van der Waals surface area (Å²) in [5, 5.41) is 24.0. The van der Waals surface area contributed by atoms with Crippen LogP contribution in [0.1, 0.15) is 31.9 Å². The largest absolute Gasteiger partial charge is 0.393 e. The molecule has 1 aromatic carbocycles. The molecule has 0 aromatic heterocycles. The van der Waals surface area contributed by atoms with Crippen LogP contribution in [-0.2, 0) is 0 Å². The van der Waals surface area contributed by atoms with Crippen molar-refractivity contribution in [1.29, 1.82) is 0 Å². The number of aliphatic hydroxyl groups is 1. The summed E-state index contributed by atoms with van der Waals surface area (Å²) in [7, 11) is 0. The van der Waals surface area contributed by atoms with Crippen molar-refractivity contribution in [2.45, 2.75) is 38.5 Å². The van der Waals surface area contributed by atoms with Gasteiger partial charge >= 0.3 is 0 Å². The Balaban J connectivity index is 2.21. The van der Waals surface area contributed by atoms with Gasteiger partial charge < -0.3 is 10.4 Å². The normalized spacial score (nSPS) is 32.2. The molecule has 1 fully saturated rings. The average Bonchev–Trinajstić information content (AvgIpc) is 2.34. The van der Waals surface area contributed by atoms with Crippen molar-refractivity contribution in [2.75, 3.05) is 0 Å². The molecule has 5 heteroatoms. The fourth-order valence-electron chi connectivity index (χ4n) is 2.53. The predicted octanol–water partition coefficient (Wildman–Crippen LogP) is 2.01. The van der Waals surface area contributed by atoms with Crippen LogP contribution in [0.2, 0.25) is 0 Å². The highest BCUT2D eigenvalue weighted by atomic mass is 16.6. The van der Waals surface area contributed by atoms with Crippen molar-refractivity contribution < 1.29 is 10.0 Å². The van der Waals surface area contributed by atoms with Crippen molar-refractivity contribution in [3.8, 4) is 0 Å². The third-order valence-electron chi connectivity index (χ3n) is 3.65. The second-order valence-electron chi connectivity index (χ2n) is 5.06. The van der Waals surface area contributed by atoms with Crippen LogP contribution in [0.4, 0.5) is 5.69 Å². The molecular formula is C13H18N2O3. The number of aliphatic hydroxyl groups excluding tert-OH is 1. The lowest BCUT2D eigenvalue weighted by Gasteiger charge is -2.38. The molecule has 5 nitrogen and oxygen atoms in total. The van der Waals surface area contributed by atoms with Crippen LogP contribution in [0.25, 0.3) is 0 Å². The molecule has 1 heterocycles. The van der Waals surface area contributed by atoms with E-state index in [1.165, 1.54) is 12.1 Å². The van der Waals surface area contributed by atoms with Gasteiger partial charge in [-0.3, -0.25) is 10.1 Å². The highest BCUT2D eigenvalue weighted by molar-refractivity contribution is 5.34. The lowest BCUT2D eigenvalue weighted by molar-refractivity contribution is -0.384. The Morgan fingerprint density at radius 1 is 1.33 bits per heavy atom. The number of hydrogen-bond donors (Lipinski definition) is 2. The number of nitrogens with one attached hydrogen (secondary N) is 1. The zero-order chi connectivity index (χ0) is 13.3. The van der Waals surface area contributed by atoms with Gasteiger partial charge in [-0.15, -0.1) is 0 Å². The number of benzene rings is 1. The highest BCUT2D eigenvalue weighted by Gasteiger charge is 2.32. The van der Waals surface area contributed by atoms with Crippen molar-refractivity contribution in [2.24, 2.45) is 5.92 Å². The van der Waals surface area contributed by atoms with Gasteiger partial charge in [0, 0.05) is 30.1 Å². The van der Waals surface area contributed by atoms with Crippen molar-refractivity contribution in [1.82, 2.24) is 5.32 Å². The first-order valence-electron chi connectivity index (χ1n) is 6.17. The van der Waals surface area contributed by atoms with Gasteiger partial charge in [-0.05, 0) is 18.9 Å². The van der Waals surface area contributed by atoms with Crippen LogP contribution in [-0.4, -0.2) is 22.2 Å². The van der Waals surface area contributed by atoms with E-state index in [4.69, 9.17) is 0 Å². The second kappa shape index (κ2) is 5.04. The minimum atomic E-state index is -0.404. The van der Waals surface area contributed by atoms with E-state index in [9.17, 15) is 15.2 Å². The third kappa shape index (κ3) is 2.52. The molecule has 4 atom stereocenters. The minimum absolute atomic E-state index is 0.0459. The summed E-state index contributed by atoms with van der Waals surface area (Å²) < 4.78 is 0. The molecule has 1 aromatic rings. The smallest absolute Gasteiger partial charge is 0.269 e. The zero-order valence-electron chi connectivity index (χ0n) is 10.5. The van der Waals surface area contributed by atoms with Gasteiger partial charge in [-0.1, -0.05) is 19.1 Å². The molecule has 1 saturated heterocycles. The lowest BCUT2D eigenvalue weighted by atomic mass is 9.83. The van der Waals surface area contributed by atoms with Gasteiger partial charge in [0.2, 0.25) is 0 Å². The van der Waals surface area contributed by atoms with Crippen LogP contribution in [0.5, 0.6) is 0 Å². The summed E-state index contributed by atoms with van der Waals surface area (Å²) in [6, 6.07) is 6.83. The van der Waals surface area contributed by atoms with Crippen LogP contribution in [0.3, 0.4) is 0 Å². The first-order chi connectivity index (χ1) is 8.49. The summed E-state index contributed by atoms with van der Waals surface area (Å²) in [4.78, 5) is 10.2. The molecule has 0 spiro atoms. The maximum atomic E-state index is 10.6. The maximum absolute atomic E-state index is 10.6. The van der Waals surface area contributed by atoms with E-state index < -0.39 is 4.92 Å². The minimum Gasteiger partial charge on any atom is -0.393 e. The number of non-ortho nitro benzene ring substituents is 1. The summed E-state index contributed by atoms with van der Waals surface area (Å²) in [6.45, 7) is 4.03. The molecule has 0 radical (unpaired) electrons. The molecule has 2 N–H and O–H groups in total. The Kier molecular flexibility index (Phi) is 3.63. The number of rotatable bonds is 2. The van der Waals surface area contributed by atoms with E-state index >= 15 is 0 Å². The molecule has 18 heavy (non-hydrogen) atoms. The Morgan fingerprint density at radius 3 is 2.50 bits per heavy atom. The van der Waals surface area contributed by atoms with Crippen molar-refractivity contribution in [3.05, 3.63) is 39.9 Å². The molecule has 0 saturated carbocycles. The summed E-state index contributed by atoms with van der Waals surface area (Å²) in [5.74, 6) is 0.0997. The van der Waals surface area contributed by atoms with Crippen LogP contribution >= 0.6 is 0 Å². The van der Waals surface area contributed by atoms with Gasteiger partial charge in [-0.2, -0.15) is 0 Å². The van der Waals surface area contributed by atoms with Crippen LogP contribution < -0.4 is 5.32 Å². The van der Waals surface area contributed by atoms with Gasteiger partial charge in [-0.25, -0.2) is 0 Å². The fourth-order valence-corrected chi connectivity index (χ4v) is 2.53. The Morgan fingerprint density at radius 2 is 1.94 bits per heavy atom. The predicted molar refractivity (Wildman–Crippen MR) is 68.2 cm³/mol. The SMILES string of the molecule is C[C@H]1[C@H](O)C[C@H](C)N[C@@H]1c1ccc([N+](=O)[O-])cc1. The lowest BCUT2D eigenvalue weighted by Crippen LogP contribution is -2.46. The monoisotopic (exact) mass is 250 g/mol. The molecule has 0 bridgehead atoms. The first-order valence-corrected chi connectivity index (χ1v) is 6.17. The molecular weight excluding hydrogens is 232 g/mol. The van der Waals surface area contributed by atoms with E-state index in [1.54, 1.807) is 12.1 Å². The fraction of sp³-hybridized carbons (Fsp3) is 0.538. The molecule has 0 amide bonds. The van der Waals surface area contributed by atoms with Gasteiger partial charge in [0.25, 0.3) is 5.69 Å². The summed E-state index contributed by atoms with van der Waals surface area (Å²) >= 11 is 0. The van der Waals surface area contributed by atoms with E-state index in [0.717, 1.165) is 12.0 Å². The van der Waals surface area contributed by atoms with Gasteiger partial charge in [0.15, 0.2) is 0 Å². The molecule has 1 aliphatic heterocycles. The average molecular weight is 250 g/mol. The number of nitro benzene ring substituents is 1.